The second kappa shape index (κ2) is 4.97. The van der Waals surface area contributed by atoms with Crippen LogP contribution in [0.3, 0.4) is 0 Å². The van der Waals surface area contributed by atoms with Crippen LogP contribution < -0.4 is 16.0 Å². The van der Waals surface area contributed by atoms with Crippen LogP contribution in [0.1, 0.15) is 51.3 Å². The minimum Gasteiger partial charge on any atom is -0.493 e. The molecular formula is C17H26N2O2. The summed E-state index contributed by atoms with van der Waals surface area (Å²) in [5.74, 6) is 7.24. The van der Waals surface area contributed by atoms with Crippen molar-refractivity contribution < 1.29 is 9.47 Å². The first-order valence-electron chi connectivity index (χ1n) is 7.74. The Morgan fingerprint density at radius 1 is 1.29 bits per heavy atom. The lowest BCUT2D eigenvalue weighted by Crippen LogP contribution is -2.41. The highest BCUT2D eigenvalue weighted by molar-refractivity contribution is 5.41. The van der Waals surface area contributed by atoms with Gasteiger partial charge >= 0.3 is 0 Å². The van der Waals surface area contributed by atoms with Gasteiger partial charge in [0.2, 0.25) is 0 Å². The van der Waals surface area contributed by atoms with E-state index in [0.717, 1.165) is 25.2 Å². The minimum atomic E-state index is -0.198. The van der Waals surface area contributed by atoms with E-state index in [4.69, 9.17) is 15.3 Å². The summed E-state index contributed by atoms with van der Waals surface area (Å²) in [6.07, 6.45) is 1.97. The molecule has 2 aliphatic rings. The molecule has 2 unspecified atom stereocenters. The third-order valence-electron chi connectivity index (χ3n) is 4.80. The molecule has 4 nitrogen and oxygen atoms in total. The van der Waals surface area contributed by atoms with E-state index in [1.807, 2.05) is 0 Å². The maximum atomic E-state index is 6.23. The van der Waals surface area contributed by atoms with Gasteiger partial charge in [0.05, 0.1) is 23.9 Å². The summed E-state index contributed by atoms with van der Waals surface area (Å²) in [7, 11) is 0. The fraction of sp³-hybridized carbons (Fsp3) is 0.647. The van der Waals surface area contributed by atoms with Crippen LogP contribution in [0.5, 0.6) is 5.75 Å². The Labute approximate surface area is 127 Å². The third kappa shape index (κ3) is 2.68. The normalized spacial score (nSPS) is 27.2. The zero-order valence-corrected chi connectivity index (χ0v) is 13.4. The van der Waals surface area contributed by atoms with Crippen LogP contribution >= 0.6 is 0 Å². The van der Waals surface area contributed by atoms with Crippen molar-refractivity contribution in [3.8, 4) is 5.75 Å². The lowest BCUT2D eigenvalue weighted by molar-refractivity contribution is -0.0779. The maximum Gasteiger partial charge on any atom is 0.122 e. The molecule has 3 N–H and O–H groups in total. The Kier molecular flexibility index (Phi) is 3.51. The van der Waals surface area contributed by atoms with Gasteiger partial charge < -0.3 is 9.47 Å². The zero-order chi connectivity index (χ0) is 15.3. The Morgan fingerprint density at radius 2 is 2.05 bits per heavy atom. The number of hydrogen-bond donors (Lipinski definition) is 2. The Hall–Kier alpha value is -1.10. The van der Waals surface area contributed by atoms with Crippen molar-refractivity contribution in [3.63, 3.8) is 0 Å². The van der Waals surface area contributed by atoms with Crippen LogP contribution in [-0.4, -0.2) is 17.8 Å². The Morgan fingerprint density at radius 3 is 2.67 bits per heavy atom. The van der Waals surface area contributed by atoms with E-state index in [2.05, 4.69) is 51.3 Å². The molecule has 0 spiro atoms. The number of fused-ring (bicyclic) bond motifs is 1. The standard InChI is InChI=1S/C17H26N2O2/c1-16(2)10-13(17(3,4)21-16)15(19-18)12-5-6-14-11(9-12)7-8-20-14/h5-6,9,13,15,19H,7-8,10,18H2,1-4H3. The fourth-order valence-corrected chi connectivity index (χ4v) is 3.97. The predicted molar refractivity (Wildman–Crippen MR) is 83.1 cm³/mol. The van der Waals surface area contributed by atoms with Crippen molar-refractivity contribution in [1.29, 1.82) is 0 Å². The van der Waals surface area contributed by atoms with Crippen LogP contribution in [0.2, 0.25) is 0 Å². The van der Waals surface area contributed by atoms with E-state index in [9.17, 15) is 0 Å². The molecule has 116 valence electrons. The second-order valence-corrected chi connectivity index (χ2v) is 7.39. The van der Waals surface area contributed by atoms with Gasteiger partial charge in [-0.1, -0.05) is 12.1 Å². The first-order chi connectivity index (χ1) is 9.82. The Bertz CT molecular complexity index is 540. The van der Waals surface area contributed by atoms with E-state index < -0.39 is 0 Å². The SMILES string of the molecule is CC1(C)CC(C(NN)c2ccc3c(c2)CCO3)C(C)(C)O1. The zero-order valence-electron chi connectivity index (χ0n) is 13.4. The van der Waals surface area contributed by atoms with Crippen LogP contribution in [0.15, 0.2) is 18.2 Å². The average molecular weight is 290 g/mol. The van der Waals surface area contributed by atoms with Crippen LogP contribution in [-0.2, 0) is 11.2 Å². The highest BCUT2D eigenvalue weighted by atomic mass is 16.5. The van der Waals surface area contributed by atoms with E-state index in [1.54, 1.807) is 0 Å². The van der Waals surface area contributed by atoms with Crippen molar-refractivity contribution in [2.45, 2.75) is 57.8 Å². The number of benzene rings is 1. The van der Waals surface area contributed by atoms with E-state index in [-0.39, 0.29) is 17.2 Å². The molecule has 0 amide bonds. The number of rotatable bonds is 3. The van der Waals surface area contributed by atoms with Gasteiger partial charge in [0.25, 0.3) is 0 Å². The molecule has 0 radical (unpaired) electrons. The largest absolute Gasteiger partial charge is 0.493 e. The second-order valence-electron chi connectivity index (χ2n) is 7.39. The third-order valence-corrected chi connectivity index (χ3v) is 4.80. The summed E-state index contributed by atoms with van der Waals surface area (Å²) in [6.45, 7) is 9.41. The summed E-state index contributed by atoms with van der Waals surface area (Å²) < 4.78 is 11.8. The van der Waals surface area contributed by atoms with Gasteiger partial charge in [-0.25, -0.2) is 0 Å². The Balaban J connectivity index is 1.92. The first kappa shape index (κ1) is 14.8. The van der Waals surface area contributed by atoms with E-state index in [1.165, 1.54) is 11.1 Å². The number of hydrazine groups is 1. The van der Waals surface area contributed by atoms with Gasteiger partial charge in [0.1, 0.15) is 5.75 Å². The van der Waals surface area contributed by atoms with Gasteiger partial charge in [-0.3, -0.25) is 11.3 Å². The smallest absolute Gasteiger partial charge is 0.122 e. The molecule has 0 aromatic heterocycles. The highest BCUT2D eigenvalue weighted by Crippen LogP contribution is 2.47. The lowest BCUT2D eigenvalue weighted by atomic mass is 9.79. The van der Waals surface area contributed by atoms with Crippen molar-refractivity contribution in [2.24, 2.45) is 11.8 Å². The summed E-state index contributed by atoms with van der Waals surface area (Å²) >= 11 is 0. The highest BCUT2D eigenvalue weighted by Gasteiger charge is 2.49. The van der Waals surface area contributed by atoms with Crippen LogP contribution in [0, 0.1) is 5.92 Å². The fourth-order valence-electron chi connectivity index (χ4n) is 3.97. The molecule has 0 bridgehead atoms. The summed E-state index contributed by atoms with van der Waals surface area (Å²) in [4.78, 5) is 0. The van der Waals surface area contributed by atoms with Crippen molar-refractivity contribution >= 4 is 0 Å². The molecule has 21 heavy (non-hydrogen) atoms. The number of nitrogens with one attached hydrogen (secondary N) is 1. The molecule has 0 saturated carbocycles. The lowest BCUT2D eigenvalue weighted by Gasteiger charge is -2.33. The molecule has 2 aliphatic heterocycles. The minimum absolute atomic E-state index is 0.0904. The van der Waals surface area contributed by atoms with Gasteiger partial charge in [-0.2, -0.15) is 0 Å². The van der Waals surface area contributed by atoms with E-state index >= 15 is 0 Å². The van der Waals surface area contributed by atoms with Gasteiger partial charge in [0.15, 0.2) is 0 Å². The summed E-state index contributed by atoms with van der Waals surface area (Å²) in [5, 5.41) is 0. The van der Waals surface area contributed by atoms with Gasteiger partial charge in [0, 0.05) is 12.3 Å². The molecule has 3 rings (SSSR count). The molecule has 0 aliphatic carbocycles. The van der Waals surface area contributed by atoms with Gasteiger partial charge in [-0.15, -0.1) is 0 Å². The van der Waals surface area contributed by atoms with Crippen molar-refractivity contribution in [2.75, 3.05) is 6.61 Å². The molecule has 1 saturated heterocycles. The van der Waals surface area contributed by atoms with Crippen molar-refractivity contribution in [1.82, 2.24) is 5.43 Å². The average Bonchev–Trinajstić information content (AvgIpc) is 2.92. The summed E-state index contributed by atoms with van der Waals surface area (Å²) in [5.41, 5.74) is 5.22. The molecule has 2 heterocycles. The van der Waals surface area contributed by atoms with Gasteiger partial charge in [-0.05, 0) is 51.3 Å². The maximum absolute atomic E-state index is 6.23. The van der Waals surface area contributed by atoms with Crippen LogP contribution in [0.4, 0.5) is 0 Å². The van der Waals surface area contributed by atoms with E-state index in [0.29, 0.717) is 5.92 Å². The first-order valence-corrected chi connectivity index (χ1v) is 7.74. The molecule has 2 atom stereocenters. The number of nitrogens with two attached hydrogens (primary N) is 1. The number of hydrogen-bond acceptors (Lipinski definition) is 4. The monoisotopic (exact) mass is 290 g/mol. The molecular weight excluding hydrogens is 264 g/mol. The summed E-state index contributed by atoms with van der Waals surface area (Å²) in [6, 6.07) is 6.51. The molecule has 1 aromatic rings. The quantitative estimate of drug-likeness (QED) is 0.664. The number of ether oxygens (including phenoxy) is 2. The molecule has 1 aromatic carbocycles. The topological polar surface area (TPSA) is 56.5 Å². The molecule has 4 heteroatoms. The molecule has 1 fully saturated rings. The predicted octanol–water partition coefficient (Wildman–Crippen LogP) is 2.72. The van der Waals surface area contributed by atoms with Crippen molar-refractivity contribution in [3.05, 3.63) is 29.3 Å². The van der Waals surface area contributed by atoms with Crippen LogP contribution in [0.25, 0.3) is 0 Å².